The second-order valence-corrected chi connectivity index (χ2v) is 11.4. The van der Waals surface area contributed by atoms with Crippen LogP contribution in [0.2, 0.25) is 0 Å². The van der Waals surface area contributed by atoms with Crippen molar-refractivity contribution in [3.05, 3.63) is 132 Å². The molecule has 0 N–H and O–H groups in total. The number of fused-ring (bicyclic) bond motifs is 3. The zero-order chi connectivity index (χ0) is 27.1. The molecule has 0 saturated carbocycles. The Bertz CT molecular complexity index is 1450. The lowest BCUT2D eigenvalue weighted by molar-refractivity contribution is 0.590. The Morgan fingerprint density at radius 1 is 0.865 bits per heavy atom. The Labute approximate surface area is 223 Å². The molecule has 4 rings (SSSR count). The zero-order valence-electron chi connectivity index (χ0n) is 23.3. The molecule has 3 aromatic carbocycles. The minimum atomic E-state index is -0.154. The normalized spacial score (nSPS) is 13.9. The molecular formula is C36H39N. The highest BCUT2D eigenvalue weighted by atomic mass is 15.1. The first kappa shape index (κ1) is 26.2. The molecule has 0 fully saturated rings. The van der Waals surface area contributed by atoms with Gasteiger partial charge >= 0.3 is 0 Å². The van der Waals surface area contributed by atoms with E-state index in [1.165, 1.54) is 33.4 Å². The molecule has 0 unspecified atom stereocenters. The molecule has 1 heteroatoms. The predicted octanol–water partition coefficient (Wildman–Crippen LogP) is 10.3. The Balaban J connectivity index is 2.12. The van der Waals surface area contributed by atoms with Gasteiger partial charge in [-0.3, -0.25) is 0 Å². The van der Waals surface area contributed by atoms with Crippen molar-refractivity contribution in [1.82, 2.24) is 0 Å². The van der Waals surface area contributed by atoms with E-state index in [-0.39, 0.29) is 10.8 Å². The Kier molecular flexibility index (Phi) is 6.78. The minimum absolute atomic E-state index is 0.0190. The third kappa shape index (κ3) is 4.33. The summed E-state index contributed by atoms with van der Waals surface area (Å²) in [6.07, 6.45) is 9.66. The monoisotopic (exact) mass is 485 g/mol. The van der Waals surface area contributed by atoms with E-state index < -0.39 is 0 Å². The summed E-state index contributed by atoms with van der Waals surface area (Å²) in [6.45, 7) is 30.2. The number of nitrogens with zero attached hydrogens (tertiary/aromatic N) is 1. The number of hydrogen-bond donors (Lipinski definition) is 0. The van der Waals surface area contributed by atoms with Crippen LogP contribution in [0, 0.1) is 6.92 Å². The fraction of sp³-hybridized carbons (Fsp3) is 0.222. The van der Waals surface area contributed by atoms with Crippen molar-refractivity contribution in [2.45, 2.75) is 52.4 Å². The molecule has 1 aliphatic rings. The van der Waals surface area contributed by atoms with Gasteiger partial charge in [-0.2, -0.15) is 0 Å². The molecule has 0 aromatic heterocycles. The SMILES string of the molecule is C=C/C=C(\C=C)N(c1cccc(C(C)(C)C)c1)c1cc2c(c(C=C)c1C=C)-c1ccc(C)cc1C2(C)C. The molecule has 0 bridgehead atoms. The van der Waals surface area contributed by atoms with Crippen LogP contribution in [-0.4, -0.2) is 0 Å². The van der Waals surface area contributed by atoms with E-state index in [0.29, 0.717) is 0 Å². The molecule has 0 spiro atoms. The summed E-state index contributed by atoms with van der Waals surface area (Å²) < 4.78 is 0. The summed E-state index contributed by atoms with van der Waals surface area (Å²) in [4.78, 5) is 2.28. The third-order valence-corrected chi connectivity index (χ3v) is 7.55. The van der Waals surface area contributed by atoms with Gasteiger partial charge in [-0.05, 0) is 76.1 Å². The van der Waals surface area contributed by atoms with Crippen molar-refractivity contribution in [3.63, 3.8) is 0 Å². The molecule has 0 heterocycles. The molecule has 1 nitrogen and oxygen atoms in total. The van der Waals surface area contributed by atoms with Crippen molar-refractivity contribution in [1.29, 1.82) is 0 Å². The van der Waals surface area contributed by atoms with Crippen LogP contribution >= 0.6 is 0 Å². The molecule has 188 valence electrons. The zero-order valence-corrected chi connectivity index (χ0v) is 23.3. The van der Waals surface area contributed by atoms with Crippen LogP contribution < -0.4 is 4.90 Å². The van der Waals surface area contributed by atoms with Gasteiger partial charge in [0, 0.05) is 22.4 Å². The van der Waals surface area contributed by atoms with Crippen LogP contribution in [0.15, 0.2) is 98.8 Å². The second-order valence-electron chi connectivity index (χ2n) is 11.4. The maximum Gasteiger partial charge on any atom is 0.0543 e. The van der Waals surface area contributed by atoms with E-state index in [9.17, 15) is 0 Å². The van der Waals surface area contributed by atoms with Gasteiger partial charge in [0.05, 0.1) is 5.69 Å². The van der Waals surface area contributed by atoms with Gasteiger partial charge in [-0.1, -0.05) is 115 Å². The van der Waals surface area contributed by atoms with Gasteiger partial charge in [0.2, 0.25) is 0 Å². The van der Waals surface area contributed by atoms with Gasteiger partial charge in [0.15, 0.2) is 0 Å². The quantitative estimate of drug-likeness (QED) is 0.301. The Morgan fingerprint density at radius 2 is 1.57 bits per heavy atom. The van der Waals surface area contributed by atoms with E-state index in [0.717, 1.165) is 28.2 Å². The average Bonchev–Trinajstić information content (AvgIpc) is 3.08. The second kappa shape index (κ2) is 9.56. The number of benzene rings is 3. The van der Waals surface area contributed by atoms with Gasteiger partial charge in [-0.25, -0.2) is 0 Å². The topological polar surface area (TPSA) is 3.24 Å². The summed E-state index contributed by atoms with van der Waals surface area (Å²) in [5.41, 5.74) is 12.8. The number of anilines is 2. The molecular weight excluding hydrogens is 446 g/mol. The lowest BCUT2D eigenvalue weighted by Crippen LogP contribution is -2.21. The van der Waals surface area contributed by atoms with E-state index in [1.54, 1.807) is 0 Å². The highest BCUT2D eigenvalue weighted by Gasteiger charge is 2.38. The van der Waals surface area contributed by atoms with Crippen LogP contribution in [0.4, 0.5) is 11.4 Å². The maximum atomic E-state index is 4.26. The lowest BCUT2D eigenvalue weighted by atomic mass is 9.80. The van der Waals surface area contributed by atoms with Crippen molar-refractivity contribution < 1.29 is 0 Å². The van der Waals surface area contributed by atoms with Crippen LogP contribution in [0.5, 0.6) is 0 Å². The van der Waals surface area contributed by atoms with E-state index in [2.05, 4.69) is 121 Å². The van der Waals surface area contributed by atoms with Crippen LogP contribution in [0.3, 0.4) is 0 Å². The smallest absolute Gasteiger partial charge is 0.0543 e. The number of allylic oxidation sites excluding steroid dienone is 3. The molecule has 0 radical (unpaired) electrons. The van der Waals surface area contributed by atoms with Crippen LogP contribution in [0.25, 0.3) is 23.3 Å². The van der Waals surface area contributed by atoms with Crippen molar-refractivity contribution >= 4 is 23.5 Å². The number of rotatable bonds is 7. The number of hydrogen-bond acceptors (Lipinski definition) is 1. The maximum absolute atomic E-state index is 4.26. The Morgan fingerprint density at radius 3 is 2.16 bits per heavy atom. The van der Waals surface area contributed by atoms with Gasteiger partial charge in [0.25, 0.3) is 0 Å². The van der Waals surface area contributed by atoms with E-state index in [4.69, 9.17) is 0 Å². The predicted molar refractivity (Wildman–Crippen MR) is 165 cm³/mol. The third-order valence-electron chi connectivity index (χ3n) is 7.55. The largest absolute Gasteiger partial charge is 0.310 e. The first-order valence-electron chi connectivity index (χ1n) is 12.9. The lowest BCUT2D eigenvalue weighted by Gasteiger charge is -2.32. The summed E-state index contributed by atoms with van der Waals surface area (Å²) >= 11 is 0. The van der Waals surface area contributed by atoms with Crippen molar-refractivity contribution in [2.75, 3.05) is 4.90 Å². The molecule has 0 saturated heterocycles. The minimum Gasteiger partial charge on any atom is -0.310 e. The molecule has 37 heavy (non-hydrogen) atoms. The molecule has 0 amide bonds. The summed E-state index contributed by atoms with van der Waals surface area (Å²) in [5, 5.41) is 0. The molecule has 0 aliphatic heterocycles. The number of aryl methyl sites for hydroxylation is 1. The van der Waals surface area contributed by atoms with E-state index in [1.807, 2.05) is 30.4 Å². The molecule has 0 atom stereocenters. The standard InChI is InChI=1S/C36H39N/c1-11-16-26(12-2)37(27-18-15-17-25(22-27)35(6,7)8)33-23-32-34(29(14-4)28(33)13-3)30-20-19-24(5)21-31(30)36(32,9)10/h11-23H,1-4H2,5-10H3/b26-16+. The van der Waals surface area contributed by atoms with E-state index >= 15 is 0 Å². The first-order chi connectivity index (χ1) is 17.5. The fourth-order valence-corrected chi connectivity index (χ4v) is 5.53. The van der Waals surface area contributed by atoms with Gasteiger partial charge in [-0.15, -0.1) is 0 Å². The van der Waals surface area contributed by atoms with Crippen LogP contribution in [0.1, 0.15) is 68.0 Å². The Hall–Kier alpha value is -3.84. The highest BCUT2D eigenvalue weighted by molar-refractivity contribution is 5.95. The average molecular weight is 486 g/mol. The summed E-state index contributed by atoms with van der Waals surface area (Å²) in [5.74, 6) is 0. The first-order valence-corrected chi connectivity index (χ1v) is 12.9. The fourth-order valence-electron chi connectivity index (χ4n) is 5.53. The van der Waals surface area contributed by atoms with Crippen molar-refractivity contribution in [3.8, 4) is 11.1 Å². The summed E-state index contributed by atoms with van der Waals surface area (Å²) in [6, 6.07) is 17.9. The van der Waals surface area contributed by atoms with Gasteiger partial charge in [0.1, 0.15) is 0 Å². The van der Waals surface area contributed by atoms with Crippen LogP contribution in [-0.2, 0) is 10.8 Å². The highest BCUT2D eigenvalue weighted by Crippen LogP contribution is 2.54. The van der Waals surface area contributed by atoms with Gasteiger partial charge < -0.3 is 4.90 Å². The molecule has 3 aromatic rings. The van der Waals surface area contributed by atoms with Crippen molar-refractivity contribution in [2.24, 2.45) is 0 Å². The molecule has 1 aliphatic carbocycles. The summed E-state index contributed by atoms with van der Waals surface area (Å²) in [7, 11) is 0.